The number of nitrogens with zero attached hydrogens (tertiary/aromatic N) is 1. The highest BCUT2D eigenvalue weighted by Gasteiger charge is 1.95. The van der Waals surface area contributed by atoms with Gasteiger partial charge >= 0.3 is 0 Å². The van der Waals surface area contributed by atoms with Crippen molar-refractivity contribution in [3.05, 3.63) is 54.4 Å². The molecule has 0 aliphatic rings. The van der Waals surface area contributed by atoms with Crippen molar-refractivity contribution in [2.45, 2.75) is 5.88 Å². The molecule has 0 aliphatic heterocycles. The monoisotopic (exact) mass is 191 g/mol. The van der Waals surface area contributed by atoms with Crippen molar-refractivity contribution < 1.29 is 0 Å². The fourth-order valence-electron chi connectivity index (χ4n) is 1.31. The first kappa shape index (κ1) is 8.39. The molecule has 2 heteroatoms. The number of hydrogen-bond donors (Lipinski definition) is 0. The SMILES string of the molecule is ClCc1cccc(-n2cccc2)c1. The zero-order chi connectivity index (χ0) is 9.10. The third-order valence-electron chi connectivity index (χ3n) is 1.97. The number of hydrogen-bond acceptors (Lipinski definition) is 0. The summed E-state index contributed by atoms with van der Waals surface area (Å²) in [5, 5.41) is 0. The maximum absolute atomic E-state index is 5.75. The van der Waals surface area contributed by atoms with Gasteiger partial charge in [0.15, 0.2) is 0 Å². The molecule has 2 aromatic rings. The van der Waals surface area contributed by atoms with Gasteiger partial charge in [-0.3, -0.25) is 0 Å². The van der Waals surface area contributed by atoms with E-state index in [1.54, 1.807) is 0 Å². The van der Waals surface area contributed by atoms with Gasteiger partial charge in [0.05, 0.1) is 0 Å². The van der Waals surface area contributed by atoms with Gasteiger partial charge in [-0.1, -0.05) is 12.1 Å². The van der Waals surface area contributed by atoms with Gasteiger partial charge < -0.3 is 4.57 Å². The van der Waals surface area contributed by atoms with Gasteiger partial charge in [0.25, 0.3) is 0 Å². The molecule has 1 heterocycles. The molecule has 0 radical (unpaired) electrons. The highest BCUT2D eigenvalue weighted by atomic mass is 35.5. The van der Waals surface area contributed by atoms with E-state index in [1.165, 1.54) is 0 Å². The Kier molecular flexibility index (Phi) is 2.37. The first-order chi connectivity index (χ1) is 6.40. The van der Waals surface area contributed by atoms with Crippen molar-refractivity contribution in [2.75, 3.05) is 0 Å². The highest BCUT2D eigenvalue weighted by molar-refractivity contribution is 6.17. The second kappa shape index (κ2) is 3.67. The average molecular weight is 192 g/mol. The Labute approximate surface area is 82.6 Å². The van der Waals surface area contributed by atoms with E-state index < -0.39 is 0 Å². The molecule has 0 atom stereocenters. The lowest BCUT2D eigenvalue weighted by Crippen LogP contribution is -1.90. The molecular weight excluding hydrogens is 182 g/mol. The minimum atomic E-state index is 0.565. The first-order valence-corrected chi connectivity index (χ1v) is 4.72. The van der Waals surface area contributed by atoms with E-state index in [2.05, 4.69) is 16.7 Å². The van der Waals surface area contributed by atoms with Gasteiger partial charge in [0, 0.05) is 24.0 Å². The number of aromatic nitrogens is 1. The summed E-state index contributed by atoms with van der Waals surface area (Å²) >= 11 is 5.75. The van der Waals surface area contributed by atoms with Crippen LogP contribution in [0.1, 0.15) is 5.56 Å². The molecule has 1 nitrogen and oxygen atoms in total. The zero-order valence-corrected chi connectivity index (χ0v) is 7.91. The van der Waals surface area contributed by atoms with Crippen molar-refractivity contribution in [2.24, 2.45) is 0 Å². The van der Waals surface area contributed by atoms with E-state index in [1.807, 2.05) is 36.7 Å². The zero-order valence-electron chi connectivity index (χ0n) is 7.15. The lowest BCUT2D eigenvalue weighted by Gasteiger charge is -2.03. The molecule has 0 unspecified atom stereocenters. The van der Waals surface area contributed by atoms with Crippen LogP contribution >= 0.6 is 11.6 Å². The normalized spacial score (nSPS) is 10.2. The van der Waals surface area contributed by atoms with Crippen molar-refractivity contribution in [3.8, 4) is 5.69 Å². The van der Waals surface area contributed by atoms with E-state index in [0.717, 1.165) is 11.3 Å². The topological polar surface area (TPSA) is 4.93 Å². The molecule has 0 saturated carbocycles. The van der Waals surface area contributed by atoms with Crippen molar-refractivity contribution in [3.63, 3.8) is 0 Å². The average Bonchev–Trinajstić information content (AvgIpc) is 2.71. The Balaban J connectivity index is 2.41. The summed E-state index contributed by atoms with van der Waals surface area (Å²) in [5.41, 5.74) is 2.30. The molecule has 13 heavy (non-hydrogen) atoms. The summed E-state index contributed by atoms with van der Waals surface area (Å²) in [7, 11) is 0. The standard InChI is InChI=1S/C11H10ClN/c12-9-10-4-3-5-11(8-10)13-6-1-2-7-13/h1-8H,9H2. The Morgan fingerprint density at radius 2 is 1.85 bits per heavy atom. The number of rotatable bonds is 2. The second-order valence-electron chi connectivity index (χ2n) is 2.89. The Hall–Kier alpha value is -1.21. The quantitative estimate of drug-likeness (QED) is 0.643. The number of alkyl halides is 1. The molecule has 0 N–H and O–H groups in total. The fourth-order valence-corrected chi connectivity index (χ4v) is 1.47. The smallest absolute Gasteiger partial charge is 0.0474 e. The Bertz CT molecular complexity index is 379. The third kappa shape index (κ3) is 1.76. The molecule has 0 saturated heterocycles. The summed E-state index contributed by atoms with van der Waals surface area (Å²) in [6.45, 7) is 0. The van der Waals surface area contributed by atoms with Crippen LogP contribution in [0.2, 0.25) is 0 Å². The van der Waals surface area contributed by atoms with Crippen molar-refractivity contribution >= 4 is 11.6 Å². The maximum atomic E-state index is 5.75. The summed E-state index contributed by atoms with van der Waals surface area (Å²) in [6.07, 6.45) is 4.04. The summed E-state index contributed by atoms with van der Waals surface area (Å²) in [4.78, 5) is 0. The highest BCUT2D eigenvalue weighted by Crippen LogP contribution is 2.12. The molecule has 0 bridgehead atoms. The van der Waals surface area contributed by atoms with Crippen LogP contribution in [0, 0.1) is 0 Å². The van der Waals surface area contributed by atoms with Crippen LogP contribution in [0.5, 0.6) is 0 Å². The molecule has 0 amide bonds. The van der Waals surface area contributed by atoms with Gasteiger partial charge in [-0.2, -0.15) is 0 Å². The Morgan fingerprint density at radius 3 is 2.54 bits per heavy atom. The van der Waals surface area contributed by atoms with E-state index >= 15 is 0 Å². The van der Waals surface area contributed by atoms with Gasteiger partial charge in [0.1, 0.15) is 0 Å². The largest absolute Gasteiger partial charge is 0.324 e. The van der Waals surface area contributed by atoms with Gasteiger partial charge in [-0.05, 0) is 29.8 Å². The van der Waals surface area contributed by atoms with Crippen molar-refractivity contribution in [1.82, 2.24) is 4.57 Å². The minimum absolute atomic E-state index is 0.565. The van der Waals surface area contributed by atoms with Gasteiger partial charge in [-0.15, -0.1) is 11.6 Å². The van der Waals surface area contributed by atoms with Crippen LogP contribution in [0.4, 0.5) is 0 Å². The van der Waals surface area contributed by atoms with Crippen LogP contribution in [0.15, 0.2) is 48.8 Å². The van der Waals surface area contributed by atoms with E-state index in [9.17, 15) is 0 Å². The summed E-state index contributed by atoms with van der Waals surface area (Å²) in [5.74, 6) is 0.565. The predicted octanol–water partition coefficient (Wildman–Crippen LogP) is 3.22. The minimum Gasteiger partial charge on any atom is -0.324 e. The molecule has 1 aromatic heterocycles. The second-order valence-corrected chi connectivity index (χ2v) is 3.16. The van der Waals surface area contributed by atoms with E-state index in [4.69, 9.17) is 11.6 Å². The maximum Gasteiger partial charge on any atom is 0.0474 e. The Morgan fingerprint density at radius 1 is 1.08 bits per heavy atom. The predicted molar refractivity (Wildman–Crippen MR) is 55.3 cm³/mol. The molecule has 2 rings (SSSR count). The van der Waals surface area contributed by atoms with Crippen LogP contribution in [0.25, 0.3) is 5.69 Å². The van der Waals surface area contributed by atoms with Crippen LogP contribution < -0.4 is 0 Å². The van der Waals surface area contributed by atoms with Crippen LogP contribution in [-0.2, 0) is 5.88 Å². The molecule has 66 valence electrons. The van der Waals surface area contributed by atoms with E-state index in [-0.39, 0.29) is 0 Å². The van der Waals surface area contributed by atoms with Crippen molar-refractivity contribution in [1.29, 1.82) is 0 Å². The first-order valence-electron chi connectivity index (χ1n) is 4.18. The molecular formula is C11H10ClN. The third-order valence-corrected chi connectivity index (χ3v) is 2.28. The lowest BCUT2D eigenvalue weighted by molar-refractivity contribution is 1.07. The van der Waals surface area contributed by atoms with Crippen LogP contribution in [0.3, 0.4) is 0 Å². The van der Waals surface area contributed by atoms with Gasteiger partial charge in [-0.25, -0.2) is 0 Å². The molecule has 0 fully saturated rings. The summed E-state index contributed by atoms with van der Waals surface area (Å²) < 4.78 is 2.07. The fraction of sp³-hybridized carbons (Fsp3) is 0.0909. The number of halogens is 1. The lowest BCUT2D eigenvalue weighted by atomic mass is 10.2. The molecule has 0 spiro atoms. The number of benzene rings is 1. The van der Waals surface area contributed by atoms with E-state index in [0.29, 0.717) is 5.88 Å². The van der Waals surface area contributed by atoms with Gasteiger partial charge in [0.2, 0.25) is 0 Å². The molecule has 1 aromatic carbocycles. The summed E-state index contributed by atoms with van der Waals surface area (Å²) in [6, 6.07) is 12.2. The van der Waals surface area contributed by atoms with Crippen LogP contribution in [-0.4, -0.2) is 4.57 Å². The molecule has 0 aliphatic carbocycles.